The zero-order chi connectivity index (χ0) is 9.07. The van der Waals surface area contributed by atoms with E-state index in [9.17, 15) is 9.90 Å². The van der Waals surface area contributed by atoms with Gasteiger partial charge < -0.3 is 15.5 Å². The first kappa shape index (κ1) is 10.2. The molecule has 4 nitrogen and oxygen atoms in total. The van der Waals surface area contributed by atoms with Gasteiger partial charge in [0.2, 0.25) is 0 Å². The third-order valence-corrected chi connectivity index (χ3v) is 1.45. The largest absolute Gasteiger partial charge is 0.465 e. The number of hydrogen-bond acceptors (Lipinski definition) is 2. The van der Waals surface area contributed by atoms with Crippen LogP contribution in [0.5, 0.6) is 0 Å². The second-order valence-electron chi connectivity index (χ2n) is 3.57. The lowest BCUT2D eigenvalue weighted by atomic mass is 9.89. The molecule has 1 atom stereocenters. The molecule has 0 aliphatic carbocycles. The van der Waals surface area contributed by atoms with E-state index in [1.807, 2.05) is 20.8 Å². The van der Waals surface area contributed by atoms with E-state index in [0.29, 0.717) is 0 Å². The summed E-state index contributed by atoms with van der Waals surface area (Å²) in [6.45, 7) is 5.63. The number of rotatable bonds is 2. The third kappa shape index (κ3) is 4.61. The lowest BCUT2D eigenvalue weighted by molar-refractivity contribution is 0.0627. The highest BCUT2D eigenvalue weighted by Gasteiger charge is 2.21. The molecule has 0 rings (SSSR count). The summed E-state index contributed by atoms with van der Waals surface area (Å²) in [6, 6.07) is 0. The summed E-state index contributed by atoms with van der Waals surface area (Å²) in [5, 5.41) is 19.6. The molecule has 0 aliphatic rings. The summed E-state index contributed by atoms with van der Waals surface area (Å²) >= 11 is 0. The smallest absolute Gasteiger partial charge is 0.404 e. The molecule has 66 valence electrons. The van der Waals surface area contributed by atoms with Crippen molar-refractivity contribution in [3.05, 3.63) is 0 Å². The van der Waals surface area contributed by atoms with Crippen molar-refractivity contribution >= 4 is 6.09 Å². The quantitative estimate of drug-likeness (QED) is 0.557. The van der Waals surface area contributed by atoms with Crippen molar-refractivity contribution < 1.29 is 15.0 Å². The fraction of sp³-hybridized carbons (Fsp3) is 0.857. The topological polar surface area (TPSA) is 69.6 Å². The number of hydrogen-bond donors (Lipinski definition) is 3. The van der Waals surface area contributed by atoms with Gasteiger partial charge in [0.1, 0.15) is 0 Å². The van der Waals surface area contributed by atoms with Crippen LogP contribution in [0.15, 0.2) is 0 Å². The minimum absolute atomic E-state index is 0.0822. The van der Waals surface area contributed by atoms with E-state index in [-0.39, 0.29) is 12.0 Å². The average Bonchev–Trinajstić information content (AvgIpc) is 1.80. The lowest BCUT2D eigenvalue weighted by Crippen LogP contribution is -2.38. The molecule has 1 unspecified atom stereocenters. The van der Waals surface area contributed by atoms with Crippen LogP contribution in [0.1, 0.15) is 20.8 Å². The Hall–Kier alpha value is -0.770. The molecular weight excluding hydrogens is 146 g/mol. The average molecular weight is 161 g/mol. The fourth-order valence-corrected chi connectivity index (χ4v) is 0.490. The van der Waals surface area contributed by atoms with Crippen molar-refractivity contribution in [2.75, 3.05) is 6.54 Å². The fourth-order valence-electron chi connectivity index (χ4n) is 0.490. The van der Waals surface area contributed by atoms with E-state index in [2.05, 4.69) is 5.32 Å². The molecule has 3 N–H and O–H groups in total. The zero-order valence-corrected chi connectivity index (χ0v) is 7.09. The molecule has 1 amide bonds. The first-order valence-corrected chi connectivity index (χ1v) is 3.49. The van der Waals surface area contributed by atoms with Gasteiger partial charge in [0.05, 0.1) is 6.10 Å². The SMILES string of the molecule is CC(C)(C)C(O)CNC(=O)O. The van der Waals surface area contributed by atoms with Crippen LogP contribution in [0.4, 0.5) is 4.79 Å². The highest BCUT2D eigenvalue weighted by atomic mass is 16.4. The molecule has 0 fully saturated rings. The maximum atomic E-state index is 10.0. The molecule has 11 heavy (non-hydrogen) atoms. The van der Waals surface area contributed by atoms with Gasteiger partial charge in [-0.25, -0.2) is 4.79 Å². The van der Waals surface area contributed by atoms with E-state index in [4.69, 9.17) is 5.11 Å². The van der Waals surface area contributed by atoms with Crippen molar-refractivity contribution in [1.29, 1.82) is 0 Å². The Kier molecular flexibility index (Phi) is 3.32. The minimum atomic E-state index is -1.10. The Morgan fingerprint density at radius 3 is 2.27 bits per heavy atom. The van der Waals surface area contributed by atoms with Crippen LogP contribution in [0.25, 0.3) is 0 Å². The van der Waals surface area contributed by atoms with Crippen LogP contribution in [-0.2, 0) is 0 Å². The van der Waals surface area contributed by atoms with Crippen molar-refractivity contribution in [3.8, 4) is 0 Å². The third-order valence-electron chi connectivity index (χ3n) is 1.45. The highest BCUT2D eigenvalue weighted by Crippen LogP contribution is 2.17. The second-order valence-corrected chi connectivity index (χ2v) is 3.57. The van der Waals surface area contributed by atoms with Gasteiger partial charge in [-0.05, 0) is 5.41 Å². The monoisotopic (exact) mass is 161 g/mol. The maximum Gasteiger partial charge on any atom is 0.404 e. The van der Waals surface area contributed by atoms with Crippen molar-refractivity contribution in [1.82, 2.24) is 5.32 Å². The second kappa shape index (κ2) is 3.57. The summed E-state index contributed by atoms with van der Waals surface area (Å²) in [6.07, 6.45) is -1.74. The van der Waals surface area contributed by atoms with Crippen LogP contribution in [-0.4, -0.2) is 29.0 Å². The van der Waals surface area contributed by atoms with Crippen LogP contribution in [0.3, 0.4) is 0 Å². The van der Waals surface area contributed by atoms with Crippen LogP contribution in [0, 0.1) is 5.41 Å². The van der Waals surface area contributed by atoms with Crippen LogP contribution in [0.2, 0.25) is 0 Å². The van der Waals surface area contributed by atoms with E-state index < -0.39 is 12.2 Å². The van der Waals surface area contributed by atoms with Crippen LogP contribution >= 0.6 is 0 Å². The summed E-state index contributed by atoms with van der Waals surface area (Å²) < 4.78 is 0. The molecule has 0 aliphatic heterocycles. The Labute approximate surface area is 66.2 Å². The highest BCUT2D eigenvalue weighted by molar-refractivity contribution is 5.64. The molecule has 0 saturated carbocycles. The van der Waals surface area contributed by atoms with Crippen molar-refractivity contribution in [2.24, 2.45) is 5.41 Å². The van der Waals surface area contributed by atoms with Gasteiger partial charge in [0.15, 0.2) is 0 Å². The minimum Gasteiger partial charge on any atom is -0.465 e. The number of carbonyl (C=O) groups is 1. The molecule has 0 heterocycles. The van der Waals surface area contributed by atoms with Crippen molar-refractivity contribution in [2.45, 2.75) is 26.9 Å². The Morgan fingerprint density at radius 2 is 2.00 bits per heavy atom. The van der Waals surface area contributed by atoms with Gasteiger partial charge in [-0.15, -0.1) is 0 Å². The standard InChI is InChI=1S/C7H15NO3/c1-7(2,3)5(9)4-8-6(10)11/h5,8-9H,4H2,1-3H3,(H,10,11). The van der Waals surface area contributed by atoms with Gasteiger partial charge in [-0.2, -0.15) is 0 Å². The normalized spacial score (nSPS) is 14.2. The van der Waals surface area contributed by atoms with Gasteiger partial charge in [-0.1, -0.05) is 20.8 Å². The van der Waals surface area contributed by atoms with Gasteiger partial charge in [-0.3, -0.25) is 0 Å². The summed E-state index contributed by atoms with van der Waals surface area (Å²) in [4.78, 5) is 10.0. The Bertz CT molecular complexity index is 139. The first-order chi connectivity index (χ1) is 4.84. The molecule has 0 spiro atoms. The van der Waals surface area contributed by atoms with Crippen molar-refractivity contribution in [3.63, 3.8) is 0 Å². The van der Waals surface area contributed by atoms with E-state index >= 15 is 0 Å². The molecule has 0 saturated heterocycles. The van der Waals surface area contributed by atoms with E-state index in [0.717, 1.165) is 0 Å². The number of carboxylic acid groups (broad SMARTS) is 1. The first-order valence-electron chi connectivity index (χ1n) is 3.49. The molecule has 0 radical (unpaired) electrons. The number of aliphatic hydroxyl groups is 1. The molecule has 4 heteroatoms. The van der Waals surface area contributed by atoms with Crippen LogP contribution < -0.4 is 5.32 Å². The molecular formula is C7H15NO3. The number of nitrogens with one attached hydrogen (secondary N) is 1. The van der Waals surface area contributed by atoms with Gasteiger partial charge >= 0.3 is 6.09 Å². The summed E-state index contributed by atoms with van der Waals surface area (Å²) in [7, 11) is 0. The Balaban J connectivity index is 3.70. The summed E-state index contributed by atoms with van der Waals surface area (Å²) in [5.74, 6) is 0. The lowest BCUT2D eigenvalue weighted by Gasteiger charge is -2.25. The molecule has 0 aromatic heterocycles. The molecule has 0 aromatic carbocycles. The molecule has 0 bridgehead atoms. The van der Waals surface area contributed by atoms with E-state index in [1.165, 1.54) is 0 Å². The predicted octanol–water partition coefficient (Wildman–Crippen LogP) is 0.661. The van der Waals surface area contributed by atoms with Gasteiger partial charge in [0, 0.05) is 6.54 Å². The number of aliphatic hydroxyl groups excluding tert-OH is 1. The maximum absolute atomic E-state index is 10.0. The predicted molar refractivity (Wildman–Crippen MR) is 41.5 cm³/mol. The van der Waals surface area contributed by atoms with Gasteiger partial charge in [0.25, 0.3) is 0 Å². The van der Waals surface area contributed by atoms with E-state index in [1.54, 1.807) is 0 Å². The zero-order valence-electron chi connectivity index (χ0n) is 7.09. The number of amides is 1. The molecule has 0 aromatic rings. The Morgan fingerprint density at radius 1 is 1.55 bits per heavy atom. The summed E-state index contributed by atoms with van der Waals surface area (Å²) in [5.41, 5.74) is -0.275.